The molecule has 50 valence electrons. The van der Waals surface area contributed by atoms with E-state index in [0.29, 0.717) is 6.42 Å². The van der Waals surface area contributed by atoms with Crippen molar-refractivity contribution in [2.75, 3.05) is 7.11 Å². The quantitative estimate of drug-likeness (QED) is 0.554. The van der Waals surface area contributed by atoms with Gasteiger partial charge in [0, 0.05) is 13.5 Å². The molecule has 0 rings (SSSR count). The Balaban J connectivity index is 3.84. The number of carbonyl (C=O) groups excluding carboxylic acids is 1. The van der Waals surface area contributed by atoms with Crippen LogP contribution in [0.3, 0.4) is 0 Å². The molecule has 0 N–H and O–H groups in total. The predicted molar refractivity (Wildman–Crippen MR) is 31.7 cm³/mol. The number of nitriles is 1. The van der Waals surface area contributed by atoms with Gasteiger partial charge in [-0.2, -0.15) is 5.26 Å². The SMILES string of the molecule is CCC(=O)C(C#N)OC. The zero-order valence-corrected chi connectivity index (χ0v) is 5.55. The Hall–Kier alpha value is -0.880. The number of methoxy groups -OCH3 is 1. The molecule has 0 aromatic rings. The van der Waals surface area contributed by atoms with Crippen molar-refractivity contribution in [1.82, 2.24) is 0 Å². The summed E-state index contributed by atoms with van der Waals surface area (Å²) in [6.45, 7) is 1.70. The van der Waals surface area contributed by atoms with Crippen molar-refractivity contribution in [3.8, 4) is 6.07 Å². The average Bonchev–Trinajstić information content (AvgIpc) is 1.90. The normalized spacial score (nSPS) is 12.1. The zero-order chi connectivity index (χ0) is 7.28. The van der Waals surface area contributed by atoms with Crippen LogP contribution in [0.1, 0.15) is 13.3 Å². The summed E-state index contributed by atoms with van der Waals surface area (Å²) < 4.78 is 4.54. The van der Waals surface area contributed by atoms with E-state index >= 15 is 0 Å². The van der Waals surface area contributed by atoms with Crippen LogP contribution >= 0.6 is 0 Å². The molecule has 0 spiro atoms. The third-order valence-corrected chi connectivity index (χ3v) is 0.994. The number of nitrogens with zero attached hydrogens (tertiary/aromatic N) is 1. The molecule has 9 heavy (non-hydrogen) atoms. The van der Waals surface area contributed by atoms with Gasteiger partial charge in [-0.05, 0) is 0 Å². The summed E-state index contributed by atoms with van der Waals surface area (Å²) in [4.78, 5) is 10.6. The largest absolute Gasteiger partial charge is 0.359 e. The van der Waals surface area contributed by atoms with Crippen LogP contribution < -0.4 is 0 Å². The second kappa shape index (κ2) is 4.04. The van der Waals surface area contributed by atoms with Crippen LogP contribution in [0.15, 0.2) is 0 Å². The maximum absolute atomic E-state index is 10.6. The Bertz CT molecular complexity index is 136. The molecule has 0 radical (unpaired) electrons. The molecule has 0 aliphatic heterocycles. The summed E-state index contributed by atoms with van der Waals surface area (Å²) in [5, 5.41) is 8.23. The van der Waals surface area contributed by atoms with E-state index < -0.39 is 6.10 Å². The lowest BCUT2D eigenvalue weighted by Crippen LogP contribution is -2.19. The topological polar surface area (TPSA) is 50.1 Å². The van der Waals surface area contributed by atoms with Gasteiger partial charge >= 0.3 is 0 Å². The minimum atomic E-state index is -0.866. The minimum Gasteiger partial charge on any atom is -0.359 e. The molecule has 0 aliphatic rings. The van der Waals surface area contributed by atoms with E-state index in [4.69, 9.17) is 5.26 Å². The molecular weight excluding hydrogens is 118 g/mol. The van der Waals surface area contributed by atoms with E-state index in [2.05, 4.69) is 4.74 Å². The molecule has 0 bridgehead atoms. The van der Waals surface area contributed by atoms with Gasteiger partial charge in [0.15, 0.2) is 5.78 Å². The smallest absolute Gasteiger partial charge is 0.201 e. The van der Waals surface area contributed by atoms with Gasteiger partial charge in [-0.15, -0.1) is 0 Å². The summed E-state index contributed by atoms with van der Waals surface area (Å²) in [6, 6.07) is 1.73. The maximum atomic E-state index is 10.6. The first-order chi connectivity index (χ1) is 4.26. The lowest BCUT2D eigenvalue weighted by molar-refractivity contribution is -0.125. The monoisotopic (exact) mass is 127 g/mol. The number of hydrogen-bond donors (Lipinski definition) is 0. The molecular formula is C6H9NO2. The molecule has 0 fully saturated rings. The number of ketones is 1. The van der Waals surface area contributed by atoms with Gasteiger partial charge in [-0.1, -0.05) is 6.92 Å². The van der Waals surface area contributed by atoms with Crippen LogP contribution in [-0.2, 0) is 9.53 Å². The van der Waals surface area contributed by atoms with Gasteiger partial charge in [-0.3, -0.25) is 4.79 Å². The zero-order valence-electron chi connectivity index (χ0n) is 5.55. The first kappa shape index (κ1) is 8.12. The molecule has 0 amide bonds. The van der Waals surface area contributed by atoms with Gasteiger partial charge in [0.25, 0.3) is 0 Å². The third-order valence-electron chi connectivity index (χ3n) is 0.994. The van der Waals surface area contributed by atoms with Gasteiger partial charge in [0.2, 0.25) is 6.10 Å². The van der Waals surface area contributed by atoms with E-state index in [1.165, 1.54) is 7.11 Å². The van der Waals surface area contributed by atoms with Crippen molar-refractivity contribution < 1.29 is 9.53 Å². The van der Waals surface area contributed by atoms with Crippen LogP contribution in [0.25, 0.3) is 0 Å². The maximum Gasteiger partial charge on any atom is 0.201 e. The second-order valence-corrected chi connectivity index (χ2v) is 1.56. The second-order valence-electron chi connectivity index (χ2n) is 1.56. The lowest BCUT2D eigenvalue weighted by atomic mass is 10.2. The molecule has 0 saturated heterocycles. The van der Waals surface area contributed by atoms with E-state index in [0.717, 1.165) is 0 Å². The number of carbonyl (C=O) groups is 1. The number of rotatable bonds is 3. The Morgan fingerprint density at radius 3 is 2.56 bits per heavy atom. The Kier molecular flexibility index (Phi) is 3.65. The van der Waals surface area contributed by atoms with Crippen molar-refractivity contribution in [3.05, 3.63) is 0 Å². The molecule has 0 aromatic heterocycles. The third kappa shape index (κ3) is 2.24. The minimum absolute atomic E-state index is 0.167. The summed E-state index contributed by atoms with van der Waals surface area (Å²) in [5.74, 6) is -0.167. The van der Waals surface area contributed by atoms with Gasteiger partial charge in [-0.25, -0.2) is 0 Å². The lowest BCUT2D eigenvalue weighted by Gasteiger charge is -2.00. The highest BCUT2D eigenvalue weighted by atomic mass is 16.5. The van der Waals surface area contributed by atoms with Crippen LogP contribution in [0.5, 0.6) is 0 Å². The molecule has 3 heteroatoms. The number of hydrogen-bond acceptors (Lipinski definition) is 3. The molecule has 1 atom stereocenters. The predicted octanol–water partition coefficient (Wildman–Crippen LogP) is 0.504. The number of Topliss-reactive ketones (excluding diaryl/α,β-unsaturated/α-hetero) is 1. The van der Waals surface area contributed by atoms with Gasteiger partial charge < -0.3 is 4.74 Å². The van der Waals surface area contributed by atoms with Crippen LogP contribution in [0, 0.1) is 11.3 Å². The van der Waals surface area contributed by atoms with E-state index in [1.807, 2.05) is 0 Å². The Labute approximate surface area is 54.2 Å². The standard InChI is InChI=1S/C6H9NO2/c1-3-5(8)6(4-7)9-2/h6H,3H2,1-2H3. The highest BCUT2D eigenvalue weighted by Crippen LogP contribution is 1.92. The summed E-state index contributed by atoms with van der Waals surface area (Å²) in [6.07, 6.45) is -0.513. The van der Waals surface area contributed by atoms with Crippen LogP contribution in [-0.4, -0.2) is 19.0 Å². The van der Waals surface area contributed by atoms with Crippen molar-refractivity contribution in [3.63, 3.8) is 0 Å². The van der Waals surface area contributed by atoms with E-state index in [9.17, 15) is 4.79 Å². The fraction of sp³-hybridized carbons (Fsp3) is 0.667. The molecule has 0 heterocycles. The highest BCUT2D eigenvalue weighted by Gasteiger charge is 2.12. The van der Waals surface area contributed by atoms with Crippen molar-refractivity contribution in [2.24, 2.45) is 0 Å². The Morgan fingerprint density at radius 1 is 1.89 bits per heavy atom. The van der Waals surface area contributed by atoms with Crippen molar-refractivity contribution in [2.45, 2.75) is 19.4 Å². The molecule has 0 aliphatic carbocycles. The van der Waals surface area contributed by atoms with E-state index in [1.54, 1.807) is 13.0 Å². The van der Waals surface area contributed by atoms with Crippen LogP contribution in [0.2, 0.25) is 0 Å². The number of ether oxygens (including phenoxy) is 1. The van der Waals surface area contributed by atoms with Crippen molar-refractivity contribution in [1.29, 1.82) is 5.26 Å². The molecule has 3 nitrogen and oxygen atoms in total. The Morgan fingerprint density at radius 2 is 2.44 bits per heavy atom. The van der Waals surface area contributed by atoms with Gasteiger partial charge in [0.1, 0.15) is 6.07 Å². The summed E-state index contributed by atoms with van der Waals surface area (Å²) in [7, 11) is 1.35. The average molecular weight is 127 g/mol. The fourth-order valence-corrected chi connectivity index (χ4v) is 0.442. The highest BCUT2D eigenvalue weighted by molar-refractivity contribution is 5.85. The summed E-state index contributed by atoms with van der Waals surface area (Å²) in [5.41, 5.74) is 0. The van der Waals surface area contributed by atoms with Gasteiger partial charge in [0.05, 0.1) is 0 Å². The van der Waals surface area contributed by atoms with Crippen LogP contribution in [0.4, 0.5) is 0 Å². The first-order valence-corrected chi connectivity index (χ1v) is 2.71. The molecule has 0 saturated carbocycles. The van der Waals surface area contributed by atoms with Crippen molar-refractivity contribution >= 4 is 5.78 Å². The summed E-state index contributed by atoms with van der Waals surface area (Å²) >= 11 is 0. The van der Waals surface area contributed by atoms with E-state index in [-0.39, 0.29) is 5.78 Å². The molecule has 0 aromatic carbocycles. The first-order valence-electron chi connectivity index (χ1n) is 2.71. The molecule has 1 unspecified atom stereocenters. The fourth-order valence-electron chi connectivity index (χ4n) is 0.442.